The van der Waals surface area contributed by atoms with Crippen LogP contribution in [-0.4, -0.2) is 74.7 Å². The van der Waals surface area contributed by atoms with E-state index in [0.717, 1.165) is 62.9 Å². The van der Waals surface area contributed by atoms with E-state index in [-0.39, 0.29) is 5.75 Å². The van der Waals surface area contributed by atoms with Gasteiger partial charge in [0.1, 0.15) is 22.0 Å². The highest BCUT2D eigenvalue weighted by molar-refractivity contribution is 7.90. The number of morpholine rings is 1. The van der Waals surface area contributed by atoms with Crippen LogP contribution in [0.15, 0.2) is 6.33 Å². The summed E-state index contributed by atoms with van der Waals surface area (Å²) in [5.74, 6) is 1.18. The molecule has 1 aromatic heterocycles. The SMILES string of the molecule is CS(=O)(=O)CCN1CCc2ncnc(N3CCOCC3)c2C1. The van der Waals surface area contributed by atoms with Gasteiger partial charge in [-0.2, -0.15) is 0 Å². The average Bonchev–Trinajstić information content (AvgIpc) is 2.52. The number of hydrogen-bond acceptors (Lipinski definition) is 7. The molecule has 0 spiro atoms. The summed E-state index contributed by atoms with van der Waals surface area (Å²) < 4.78 is 28.1. The van der Waals surface area contributed by atoms with Crippen LogP contribution in [-0.2, 0) is 27.5 Å². The first-order valence-corrected chi connectivity index (χ1v) is 9.64. The van der Waals surface area contributed by atoms with Gasteiger partial charge in [0, 0.05) is 51.0 Å². The van der Waals surface area contributed by atoms with Crippen LogP contribution in [0.4, 0.5) is 5.82 Å². The molecule has 0 amide bonds. The lowest BCUT2D eigenvalue weighted by atomic mass is 10.1. The predicted octanol–water partition coefficient (Wildman–Crippen LogP) is -0.284. The molecule has 3 heterocycles. The summed E-state index contributed by atoms with van der Waals surface area (Å²) in [6, 6.07) is 0. The lowest BCUT2D eigenvalue weighted by Gasteiger charge is -2.33. The van der Waals surface area contributed by atoms with E-state index in [0.29, 0.717) is 6.54 Å². The van der Waals surface area contributed by atoms with Crippen molar-refractivity contribution in [2.75, 3.05) is 56.3 Å². The van der Waals surface area contributed by atoms with Crippen molar-refractivity contribution in [2.45, 2.75) is 13.0 Å². The van der Waals surface area contributed by atoms with Crippen molar-refractivity contribution in [3.63, 3.8) is 0 Å². The summed E-state index contributed by atoms with van der Waals surface area (Å²) in [7, 11) is -2.93. The fourth-order valence-electron chi connectivity index (χ4n) is 2.92. The summed E-state index contributed by atoms with van der Waals surface area (Å²) >= 11 is 0. The molecule has 0 aliphatic carbocycles. The van der Waals surface area contributed by atoms with Gasteiger partial charge in [-0.1, -0.05) is 0 Å². The zero-order valence-electron chi connectivity index (χ0n) is 12.9. The Kier molecular flexibility index (Phi) is 4.60. The predicted molar refractivity (Wildman–Crippen MR) is 83.8 cm³/mol. The van der Waals surface area contributed by atoms with E-state index in [1.54, 1.807) is 6.33 Å². The molecule has 2 aliphatic rings. The first-order chi connectivity index (χ1) is 10.5. The highest BCUT2D eigenvalue weighted by Gasteiger charge is 2.25. The number of fused-ring (bicyclic) bond motifs is 1. The van der Waals surface area contributed by atoms with E-state index in [9.17, 15) is 8.42 Å². The second kappa shape index (κ2) is 6.47. The summed E-state index contributed by atoms with van der Waals surface area (Å²) in [4.78, 5) is 13.3. The lowest BCUT2D eigenvalue weighted by Crippen LogP contribution is -2.40. The molecule has 1 fully saturated rings. The summed E-state index contributed by atoms with van der Waals surface area (Å²) in [6.07, 6.45) is 3.77. The third-order valence-electron chi connectivity index (χ3n) is 4.15. The van der Waals surface area contributed by atoms with E-state index in [1.807, 2.05) is 0 Å². The molecule has 1 aromatic rings. The molecule has 8 heteroatoms. The third-order valence-corrected chi connectivity index (χ3v) is 5.07. The van der Waals surface area contributed by atoms with E-state index in [4.69, 9.17) is 4.74 Å². The largest absolute Gasteiger partial charge is 0.378 e. The van der Waals surface area contributed by atoms with Gasteiger partial charge in [0.2, 0.25) is 0 Å². The van der Waals surface area contributed by atoms with Crippen molar-refractivity contribution in [2.24, 2.45) is 0 Å². The Hall–Kier alpha value is -1.25. The minimum Gasteiger partial charge on any atom is -0.378 e. The van der Waals surface area contributed by atoms with Gasteiger partial charge in [-0.15, -0.1) is 0 Å². The molecule has 0 radical (unpaired) electrons. The molecule has 0 unspecified atom stereocenters. The van der Waals surface area contributed by atoms with Gasteiger partial charge < -0.3 is 9.64 Å². The van der Waals surface area contributed by atoms with Crippen molar-refractivity contribution in [3.05, 3.63) is 17.6 Å². The Bertz CT molecular complexity index is 629. The smallest absolute Gasteiger partial charge is 0.148 e. The third kappa shape index (κ3) is 3.74. The Morgan fingerprint density at radius 3 is 2.73 bits per heavy atom. The topological polar surface area (TPSA) is 75.6 Å². The number of anilines is 1. The number of ether oxygens (including phenoxy) is 1. The molecular weight excluding hydrogens is 304 g/mol. The van der Waals surface area contributed by atoms with Crippen LogP contribution >= 0.6 is 0 Å². The Morgan fingerprint density at radius 2 is 2.00 bits per heavy atom. The van der Waals surface area contributed by atoms with Crippen molar-refractivity contribution < 1.29 is 13.2 Å². The van der Waals surface area contributed by atoms with Gasteiger partial charge in [-0.05, 0) is 0 Å². The molecule has 7 nitrogen and oxygen atoms in total. The summed E-state index contributed by atoms with van der Waals surface area (Å²) in [5.41, 5.74) is 2.23. The maximum Gasteiger partial charge on any atom is 0.148 e. The van der Waals surface area contributed by atoms with Crippen LogP contribution in [0.25, 0.3) is 0 Å². The average molecular weight is 326 g/mol. The highest BCUT2D eigenvalue weighted by atomic mass is 32.2. The first kappa shape index (κ1) is 15.6. The van der Waals surface area contributed by atoms with Crippen molar-refractivity contribution in [1.29, 1.82) is 0 Å². The Morgan fingerprint density at radius 1 is 1.23 bits per heavy atom. The monoisotopic (exact) mass is 326 g/mol. The molecule has 0 bridgehead atoms. The maximum atomic E-state index is 11.4. The van der Waals surface area contributed by atoms with Gasteiger partial charge >= 0.3 is 0 Å². The number of sulfone groups is 1. The van der Waals surface area contributed by atoms with E-state index >= 15 is 0 Å². The molecule has 22 heavy (non-hydrogen) atoms. The van der Waals surface area contributed by atoms with Gasteiger partial charge in [-0.3, -0.25) is 4.90 Å². The maximum absolute atomic E-state index is 11.4. The Balaban J connectivity index is 1.76. The van der Waals surface area contributed by atoms with Crippen molar-refractivity contribution >= 4 is 15.7 Å². The fourth-order valence-corrected chi connectivity index (χ4v) is 3.51. The number of rotatable bonds is 4. The molecule has 0 saturated carbocycles. The zero-order chi connectivity index (χ0) is 15.6. The second-order valence-corrected chi connectivity index (χ2v) is 8.14. The van der Waals surface area contributed by atoms with E-state index < -0.39 is 9.84 Å². The molecule has 2 aliphatic heterocycles. The molecule has 0 aromatic carbocycles. The van der Waals surface area contributed by atoms with Crippen molar-refractivity contribution in [3.8, 4) is 0 Å². The second-order valence-electron chi connectivity index (χ2n) is 5.88. The van der Waals surface area contributed by atoms with Gasteiger partial charge in [0.05, 0.1) is 24.7 Å². The number of hydrogen-bond donors (Lipinski definition) is 0. The van der Waals surface area contributed by atoms with Crippen LogP contribution in [0.5, 0.6) is 0 Å². The van der Waals surface area contributed by atoms with Crippen LogP contribution in [0.3, 0.4) is 0 Å². The summed E-state index contributed by atoms with van der Waals surface area (Å²) in [6.45, 7) is 5.25. The standard InChI is InChI=1S/C14H22N4O3S/c1-22(19,20)9-6-17-3-2-13-12(10-17)14(16-11-15-13)18-4-7-21-8-5-18/h11H,2-10H2,1H3. The first-order valence-electron chi connectivity index (χ1n) is 7.58. The number of nitrogens with zero attached hydrogens (tertiary/aromatic N) is 4. The lowest BCUT2D eigenvalue weighted by molar-refractivity contribution is 0.122. The van der Waals surface area contributed by atoms with Crippen LogP contribution in [0, 0.1) is 0 Å². The molecule has 0 atom stereocenters. The van der Waals surface area contributed by atoms with Gasteiger partial charge in [0.25, 0.3) is 0 Å². The van der Waals surface area contributed by atoms with Crippen molar-refractivity contribution in [1.82, 2.24) is 14.9 Å². The molecule has 3 rings (SSSR count). The quantitative estimate of drug-likeness (QED) is 0.753. The fraction of sp³-hybridized carbons (Fsp3) is 0.714. The van der Waals surface area contributed by atoms with E-state index in [1.165, 1.54) is 6.26 Å². The zero-order valence-corrected chi connectivity index (χ0v) is 13.7. The minimum absolute atomic E-state index is 0.197. The molecule has 0 N–H and O–H groups in total. The van der Waals surface area contributed by atoms with Gasteiger partial charge in [-0.25, -0.2) is 18.4 Å². The Labute approximate surface area is 131 Å². The minimum atomic E-state index is -2.93. The van der Waals surface area contributed by atoms with E-state index in [2.05, 4.69) is 19.8 Å². The molecular formula is C14H22N4O3S. The van der Waals surface area contributed by atoms with Crippen LogP contribution in [0.1, 0.15) is 11.3 Å². The molecule has 122 valence electrons. The highest BCUT2D eigenvalue weighted by Crippen LogP contribution is 2.26. The summed E-state index contributed by atoms with van der Waals surface area (Å²) in [5, 5.41) is 0. The van der Waals surface area contributed by atoms with Crippen LogP contribution in [0.2, 0.25) is 0 Å². The molecule has 1 saturated heterocycles. The van der Waals surface area contributed by atoms with Crippen LogP contribution < -0.4 is 4.90 Å². The number of aromatic nitrogens is 2. The van der Waals surface area contributed by atoms with Gasteiger partial charge in [0.15, 0.2) is 0 Å². The normalized spacial score (nSPS) is 20.0.